The van der Waals surface area contributed by atoms with Gasteiger partial charge in [0.2, 0.25) is 0 Å². The third kappa shape index (κ3) is 2.21. The fourth-order valence-electron chi connectivity index (χ4n) is 3.68. The first-order valence-corrected chi connectivity index (χ1v) is 7.95. The molecule has 0 aliphatic heterocycles. The van der Waals surface area contributed by atoms with E-state index in [0.29, 0.717) is 5.92 Å². The molecule has 2 aliphatic carbocycles. The summed E-state index contributed by atoms with van der Waals surface area (Å²) in [5.41, 5.74) is 2.24. The molecule has 0 unspecified atom stereocenters. The molecule has 2 aromatic rings. The minimum Gasteiger partial charge on any atom is -0.310 e. The summed E-state index contributed by atoms with van der Waals surface area (Å²) in [6, 6.07) is 12.2. The molecule has 0 spiro atoms. The van der Waals surface area contributed by atoms with Crippen LogP contribution in [0.15, 0.2) is 41.2 Å². The van der Waals surface area contributed by atoms with E-state index in [9.17, 15) is 4.79 Å². The van der Waals surface area contributed by atoms with Gasteiger partial charge in [-0.15, -0.1) is 0 Å². The molecule has 0 radical (unpaired) electrons. The highest BCUT2D eigenvalue weighted by Crippen LogP contribution is 2.52. The minimum absolute atomic E-state index is 0.00380. The zero-order chi connectivity index (χ0) is 14.3. The van der Waals surface area contributed by atoms with Gasteiger partial charge in [-0.2, -0.15) is 0 Å². The topological polar surface area (TPSA) is 45.8 Å². The molecule has 4 rings (SSSR count). The largest absolute Gasteiger partial charge is 0.310 e. The van der Waals surface area contributed by atoms with Crippen molar-refractivity contribution in [1.82, 2.24) is 9.97 Å². The van der Waals surface area contributed by atoms with Gasteiger partial charge >= 0.3 is 0 Å². The summed E-state index contributed by atoms with van der Waals surface area (Å²) in [4.78, 5) is 20.0. The van der Waals surface area contributed by atoms with E-state index >= 15 is 0 Å². The monoisotopic (exact) mass is 280 g/mol. The second-order valence-corrected chi connectivity index (χ2v) is 6.45. The molecular formula is C18H20N2O. The summed E-state index contributed by atoms with van der Waals surface area (Å²) in [6.45, 7) is 0. The normalized spacial score (nSPS) is 20.6. The number of rotatable bonds is 3. The number of benzene rings is 1. The van der Waals surface area contributed by atoms with Crippen LogP contribution in [-0.4, -0.2) is 9.97 Å². The highest BCUT2D eigenvalue weighted by atomic mass is 16.1. The highest BCUT2D eigenvalue weighted by molar-refractivity contribution is 5.39. The number of aromatic amines is 1. The van der Waals surface area contributed by atoms with Gasteiger partial charge in [-0.05, 0) is 31.2 Å². The molecule has 1 aromatic carbocycles. The van der Waals surface area contributed by atoms with Crippen molar-refractivity contribution in [3.8, 4) is 0 Å². The van der Waals surface area contributed by atoms with Gasteiger partial charge in [0.05, 0.1) is 11.1 Å². The van der Waals surface area contributed by atoms with Gasteiger partial charge in [0.25, 0.3) is 5.56 Å². The lowest BCUT2D eigenvalue weighted by Crippen LogP contribution is -2.21. The van der Waals surface area contributed by atoms with E-state index in [1.807, 2.05) is 6.07 Å². The van der Waals surface area contributed by atoms with E-state index in [4.69, 9.17) is 4.98 Å². The Labute approximate surface area is 124 Å². The van der Waals surface area contributed by atoms with Crippen molar-refractivity contribution in [3.05, 3.63) is 63.8 Å². The van der Waals surface area contributed by atoms with Crippen LogP contribution in [0.2, 0.25) is 0 Å². The molecule has 108 valence electrons. The Morgan fingerprint density at radius 2 is 1.81 bits per heavy atom. The molecule has 0 bridgehead atoms. The predicted molar refractivity (Wildman–Crippen MR) is 82.5 cm³/mol. The summed E-state index contributed by atoms with van der Waals surface area (Å²) in [6.07, 6.45) is 7.03. The van der Waals surface area contributed by atoms with Crippen molar-refractivity contribution >= 4 is 0 Å². The van der Waals surface area contributed by atoms with E-state index in [-0.39, 0.29) is 11.0 Å². The molecule has 3 heteroatoms. The molecular weight excluding hydrogens is 260 g/mol. The maximum absolute atomic E-state index is 12.1. The Morgan fingerprint density at radius 3 is 2.48 bits per heavy atom. The Morgan fingerprint density at radius 1 is 1.10 bits per heavy atom. The lowest BCUT2D eigenvalue weighted by Gasteiger charge is -2.17. The van der Waals surface area contributed by atoms with Gasteiger partial charge in [0.1, 0.15) is 5.82 Å². The van der Waals surface area contributed by atoms with E-state index in [1.165, 1.54) is 31.2 Å². The van der Waals surface area contributed by atoms with Crippen molar-refractivity contribution in [3.63, 3.8) is 0 Å². The Balaban J connectivity index is 1.77. The van der Waals surface area contributed by atoms with Crippen LogP contribution < -0.4 is 5.56 Å². The van der Waals surface area contributed by atoms with Crippen LogP contribution in [0.25, 0.3) is 0 Å². The average molecular weight is 280 g/mol. The zero-order valence-electron chi connectivity index (χ0n) is 12.1. The zero-order valence-corrected chi connectivity index (χ0v) is 12.1. The van der Waals surface area contributed by atoms with Crippen molar-refractivity contribution in [1.29, 1.82) is 0 Å². The maximum Gasteiger partial charge on any atom is 0.251 e. The summed E-state index contributed by atoms with van der Waals surface area (Å²) in [5.74, 6) is 1.36. The molecule has 2 aliphatic rings. The first kappa shape index (κ1) is 12.8. The molecule has 0 amide bonds. The van der Waals surface area contributed by atoms with Gasteiger partial charge in [-0.3, -0.25) is 4.79 Å². The third-order valence-corrected chi connectivity index (χ3v) is 5.06. The van der Waals surface area contributed by atoms with Crippen LogP contribution >= 0.6 is 0 Å². The van der Waals surface area contributed by atoms with Crippen LogP contribution in [0.5, 0.6) is 0 Å². The first-order valence-electron chi connectivity index (χ1n) is 7.95. The number of H-pyrrole nitrogens is 1. The standard InChI is InChI=1S/C18H20N2O/c21-16-12-15(13-6-4-5-7-13)19-17(20-16)18(10-11-18)14-8-2-1-3-9-14/h1-3,8-9,12-13H,4-7,10-11H2,(H,19,20,21). The average Bonchev–Trinajstić information content (AvgIpc) is 3.15. The van der Waals surface area contributed by atoms with Crippen molar-refractivity contribution in [2.75, 3.05) is 0 Å². The summed E-state index contributed by atoms with van der Waals surface area (Å²) < 4.78 is 0. The number of nitrogens with zero attached hydrogens (tertiary/aromatic N) is 1. The van der Waals surface area contributed by atoms with Crippen LogP contribution in [0.1, 0.15) is 61.5 Å². The number of nitrogens with one attached hydrogen (secondary N) is 1. The van der Waals surface area contributed by atoms with Crippen molar-refractivity contribution < 1.29 is 0 Å². The van der Waals surface area contributed by atoms with Crippen LogP contribution in [0.3, 0.4) is 0 Å². The molecule has 1 N–H and O–H groups in total. The molecule has 2 fully saturated rings. The SMILES string of the molecule is O=c1cc(C2CCCC2)nc(C2(c3ccccc3)CC2)[nH]1. The van der Waals surface area contributed by atoms with E-state index < -0.39 is 0 Å². The fraction of sp³-hybridized carbons (Fsp3) is 0.444. The molecule has 1 aromatic heterocycles. The quantitative estimate of drug-likeness (QED) is 0.935. The minimum atomic E-state index is -0.0466. The molecule has 1 heterocycles. The van der Waals surface area contributed by atoms with Gasteiger partial charge in [0, 0.05) is 12.0 Å². The van der Waals surface area contributed by atoms with Gasteiger partial charge < -0.3 is 4.98 Å². The molecule has 3 nitrogen and oxygen atoms in total. The van der Waals surface area contributed by atoms with E-state index in [0.717, 1.165) is 24.4 Å². The lowest BCUT2D eigenvalue weighted by molar-refractivity contribution is 0.659. The highest BCUT2D eigenvalue weighted by Gasteiger charge is 2.48. The van der Waals surface area contributed by atoms with Crippen molar-refractivity contribution in [2.24, 2.45) is 0 Å². The Hall–Kier alpha value is -1.90. The van der Waals surface area contributed by atoms with Gasteiger partial charge in [-0.25, -0.2) is 4.98 Å². The maximum atomic E-state index is 12.1. The summed E-state index contributed by atoms with van der Waals surface area (Å²) >= 11 is 0. The van der Waals surface area contributed by atoms with E-state index in [1.54, 1.807) is 6.07 Å². The smallest absolute Gasteiger partial charge is 0.251 e. The Bertz CT molecular complexity index is 695. The predicted octanol–water partition coefficient (Wildman–Crippen LogP) is 3.51. The first-order chi connectivity index (χ1) is 10.3. The lowest BCUT2D eigenvalue weighted by atomic mass is 9.94. The van der Waals surface area contributed by atoms with Crippen LogP contribution in [0.4, 0.5) is 0 Å². The summed E-state index contributed by atoms with van der Waals surface area (Å²) in [7, 11) is 0. The van der Waals surface area contributed by atoms with Crippen molar-refractivity contribution in [2.45, 2.75) is 49.9 Å². The number of hydrogen-bond donors (Lipinski definition) is 1. The second-order valence-electron chi connectivity index (χ2n) is 6.45. The molecule has 0 saturated heterocycles. The summed E-state index contributed by atoms with van der Waals surface area (Å²) in [5, 5.41) is 0. The van der Waals surface area contributed by atoms with Crippen LogP contribution in [0, 0.1) is 0 Å². The third-order valence-electron chi connectivity index (χ3n) is 5.06. The molecule has 21 heavy (non-hydrogen) atoms. The molecule has 0 atom stereocenters. The number of hydrogen-bond acceptors (Lipinski definition) is 2. The van der Waals surface area contributed by atoms with Gasteiger partial charge in [-0.1, -0.05) is 43.2 Å². The Kier molecular flexibility index (Phi) is 2.95. The van der Waals surface area contributed by atoms with Gasteiger partial charge in [0.15, 0.2) is 0 Å². The number of aromatic nitrogens is 2. The fourth-order valence-corrected chi connectivity index (χ4v) is 3.68. The second kappa shape index (κ2) is 4.83. The molecule has 2 saturated carbocycles. The van der Waals surface area contributed by atoms with Crippen LogP contribution in [-0.2, 0) is 5.41 Å². The van der Waals surface area contributed by atoms with E-state index in [2.05, 4.69) is 29.2 Å².